The Morgan fingerprint density at radius 1 is 1.50 bits per heavy atom. The van der Waals surface area contributed by atoms with Crippen molar-refractivity contribution in [3.05, 3.63) is 0 Å². The molecule has 0 rings (SSSR count). The van der Waals surface area contributed by atoms with Crippen LogP contribution in [0.5, 0.6) is 0 Å². The summed E-state index contributed by atoms with van der Waals surface area (Å²) in [4.78, 5) is 10.2. The Bertz CT molecular complexity index is 137. The third-order valence-corrected chi connectivity index (χ3v) is 1.28. The van der Waals surface area contributed by atoms with Crippen molar-refractivity contribution in [1.82, 2.24) is 5.09 Å². The lowest BCUT2D eigenvalue weighted by atomic mass is 10.8. The molecular formula is C4H10NO2P. The Morgan fingerprint density at radius 3 is 1.88 bits per heavy atom. The molecule has 48 valence electrons. The quantitative estimate of drug-likeness (QED) is 0.537. The monoisotopic (exact) mass is 135 g/mol. The highest BCUT2D eigenvalue weighted by Crippen LogP contribution is 2.28. The first-order valence-electron chi connectivity index (χ1n) is 2.25. The summed E-state index contributed by atoms with van der Waals surface area (Å²) in [6, 6.07) is 0. The summed E-state index contributed by atoms with van der Waals surface area (Å²) in [6.45, 7) is 4.36. The third-order valence-electron chi connectivity index (χ3n) is 0.427. The summed E-state index contributed by atoms with van der Waals surface area (Å²) in [5.41, 5.74) is 0. The fourth-order valence-corrected chi connectivity index (χ4v) is 1.14. The van der Waals surface area contributed by atoms with Gasteiger partial charge in [-0.15, -0.1) is 0 Å². The van der Waals surface area contributed by atoms with Crippen molar-refractivity contribution in [1.29, 1.82) is 0 Å². The predicted octanol–water partition coefficient (Wildman–Crippen LogP) is 0.660. The first kappa shape index (κ1) is 7.70. The average Bonchev–Trinajstić information content (AvgIpc) is 1.21. The molecule has 0 aromatic carbocycles. The molecule has 4 heteroatoms. The summed E-state index contributed by atoms with van der Waals surface area (Å²) in [5, 5.41) is 2.30. The van der Waals surface area contributed by atoms with E-state index in [4.69, 9.17) is 0 Å². The van der Waals surface area contributed by atoms with E-state index in [2.05, 4.69) is 5.09 Å². The van der Waals surface area contributed by atoms with E-state index < -0.39 is 7.29 Å². The van der Waals surface area contributed by atoms with E-state index in [0.29, 0.717) is 0 Å². The van der Waals surface area contributed by atoms with Gasteiger partial charge in [-0.3, -0.25) is 4.79 Å². The van der Waals surface area contributed by atoms with Crippen molar-refractivity contribution < 1.29 is 9.36 Å². The molecule has 0 radical (unpaired) electrons. The van der Waals surface area contributed by atoms with Gasteiger partial charge in [0.2, 0.25) is 5.91 Å². The van der Waals surface area contributed by atoms with Crippen LogP contribution in [0.15, 0.2) is 0 Å². The molecule has 0 aliphatic heterocycles. The van der Waals surface area contributed by atoms with Gasteiger partial charge in [-0.25, -0.2) is 0 Å². The molecule has 0 aliphatic carbocycles. The zero-order chi connectivity index (χ0) is 6.78. The van der Waals surface area contributed by atoms with Gasteiger partial charge in [0.15, 0.2) is 7.29 Å². The number of amides is 1. The second-order valence-electron chi connectivity index (χ2n) is 2.02. The highest BCUT2D eigenvalue weighted by atomic mass is 31.2. The molecule has 3 nitrogen and oxygen atoms in total. The molecule has 0 atom stereocenters. The number of hydrogen-bond acceptors (Lipinski definition) is 2. The van der Waals surface area contributed by atoms with Crippen LogP contribution in [0.3, 0.4) is 0 Å². The molecule has 0 aromatic heterocycles. The first-order valence-corrected chi connectivity index (χ1v) is 4.86. The van der Waals surface area contributed by atoms with Crippen LogP contribution in [0.2, 0.25) is 0 Å². The number of rotatable bonds is 1. The van der Waals surface area contributed by atoms with Crippen molar-refractivity contribution >= 4 is 13.2 Å². The van der Waals surface area contributed by atoms with Gasteiger partial charge in [-0.05, 0) is 0 Å². The maximum atomic E-state index is 10.7. The molecule has 0 aromatic rings. The lowest BCUT2D eigenvalue weighted by Crippen LogP contribution is -2.14. The molecule has 0 bridgehead atoms. The second-order valence-corrected chi connectivity index (χ2v) is 4.94. The number of carbonyl (C=O) groups excluding carboxylic acids is 1. The molecule has 1 N–H and O–H groups in total. The Kier molecular flexibility index (Phi) is 2.23. The molecule has 0 fully saturated rings. The van der Waals surface area contributed by atoms with E-state index in [9.17, 15) is 9.36 Å². The molecule has 8 heavy (non-hydrogen) atoms. The molecule has 0 saturated carbocycles. The van der Waals surface area contributed by atoms with Crippen LogP contribution >= 0.6 is 7.29 Å². The summed E-state index contributed by atoms with van der Waals surface area (Å²) >= 11 is 0. The first-order chi connectivity index (χ1) is 3.42. The van der Waals surface area contributed by atoms with Crippen LogP contribution in [0.4, 0.5) is 0 Å². The number of nitrogens with one attached hydrogen (secondary N) is 1. The van der Waals surface area contributed by atoms with Crippen LogP contribution in [0.1, 0.15) is 6.92 Å². The highest BCUT2D eigenvalue weighted by molar-refractivity contribution is 7.61. The highest BCUT2D eigenvalue weighted by Gasteiger charge is 2.05. The van der Waals surface area contributed by atoms with Crippen LogP contribution < -0.4 is 5.09 Å². The zero-order valence-corrected chi connectivity index (χ0v) is 6.16. The van der Waals surface area contributed by atoms with Crippen LogP contribution in [0.25, 0.3) is 0 Å². The van der Waals surface area contributed by atoms with Crippen LogP contribution in [0, 0.1) is 0 Å². The molecular weight excluding hydrogens is 125 g/mol. The van der Waals surface area contributed by atoms with E-state index in [0.717, 1.165) is 0 Å². The minimum atomic E-state index is -2.32. The van der Waals surface area contributed by atoms with Gasteiger partial charge in [0.05, 0.1) is 0 Å². The standard InChI is InChI=1S/C4H10NO2P/c1-4(6)5-8(2,3)7/h1-3H3,(H,5,6,7). The van der Waals surface area contributed by atoms with E-state index in [1.54, 1.807) is 0 Å². The Balaban J connectivity index is 3.74. The van der Waals surface area contributed by atoms with Crippen molar-refractivity contribution in [3.8, 4) is 0 Å². The maximum Gasteiger partial charge on any atom is 0.222 e. The van der Waals surface area contributed by atoms with Gasteiger partial charge in [0.25, 0.3) is 0 Å². The SMILES string of the molecule is CC(=O)NP(C)(C)=O. The van der Waals surface area contributed by atoms with Gasteiger partial charge in [-0.1, -0.05) is 0 Å². The fraction of sp³-hybridized carbons (Fsp3) is 0.750. The third kappa shape index (κ3) is 5.70. The second kappa shape index (κ2) is 2.31. The summed E-state index contributed by atoms with van der Waals surface area (Å²) in [7, 11) is -2.32. The normalized spacial score (nSPS) is 10.9. The summed E-state index contributed by atoms with van der Waals surface area (Å²) in [5.74, 6) is -0.238. The van der Waals surface area contributed by atoms with Crippen molar-refractivity contribution in [2.24, 2.45) is 0 Å². The minimum Gasteiger partial charge on any atom is -0.307 e. The van der Waals surface area contributed by atoms with E-state index in [1.165, 1.54) is 20.3 Å². The zero-order valence-electron chi connectivity index (χ0n) is 5.26. The smallest absolute Gasteiger partial charge is 0.222 e. The van der Waals surface area contributed by atoms with Gasteiger partial charge < -0.3 is 9.65 Å². The van der Waals surface area contributed by atoms with Gasteiger partial charge in [0, 0.05) is 20.3 Å². The molecule has 0 saturated heterocycles. The summed E-state index contributed by atoms with van der Waals surface area (Å²) < 4.78 is 10.7. The fourth-order valence-electron chi connectivity index (χ4n) is 0.379. The Labute approximate surface area is 48.9 Å². The van der Waals surface area contributed by atoms with Gasteiger partial charge in [-0.2, -0.15) is 0 Å². The predicted molar refractivity (Wildman–Crippen MR) is 33.3 cm³/mol. The minimum absolute atomic E-state index is 0.238. The lowest BCUT2D eigenvalue weighted by Gasteiger charge is -2.04. The van der Waals surface area contributed by atoms with E-state index in [-0.39, 0.29) is 5.91 Å². The number of carbonyl (C=O) groups is 1. The maximum absolute atomic E-state index is 10.7. The Hall–Kier alpha value is -0.300. The lowest BCUT2D eigenvalue weighted by molar-refractivity contribution is -0.117. The van der Waals surface area contributed by atoms with Crippen LogP contribution in [-0.2, 0) is 9.36 Å². The molecule has 0 heterocycles. The van der Waals surface area contributed by atoms with Crippen molar-refractivity contribution in [2.75, 3.05) is 13.3 Å². The van der Waals surface area contributed by atoms with Crippen LogP contribution in [-0.4, -0.2) is 19.2 Å². The van der Waals surface area contributed by atoms with E-state index >= 15 is 0 Å². The van der Waals surface area contributed by atoms with E-state index in [1.807, 2.05) is 0 Å². The molecule has 1 amide bonds. The van der Waals surface area contributed by atoms with Crippen molar-refractivity contribution in [3.63, 3.8) is 0 Å². The molecule has 0 unspecified atom stereocenters. The molecule has 0 aliphatic rings. The van der Waals surface area contributed by atoms with Gasteiger partial charge >= 0.3 is 0 Å². The average molecular weight is 135 g/mol. The summed E-state index contributed by atoms with van der Waals surface area (Å²) in [6.07, 6.45) is 0. The van der Waals surface area contributed by atoms with Gasteiger partial charge in [0.1, 0.15) is 0 Å². The topological polar surface area (TPSA) is 46.2 Å². The number of hydrogen-bond donors (Lipinski definition) is 1. The molecule has 0 spiro atoms. The largest absolute Gasteiger partial charge is 0.307 e. The van der Waals surface area contributed by atoms with Crippen molar-refractivity contribution in [2.45, 2.75) is 6.92 Å². The Morgan fingerprint density at radius 2 is 1.88 bits per heavy atom.